The summed E-state index contributed by atoms with van der Waals surface area (Å²) in [4.78, 5) is 0. The van der Waals surface area contributed by atoms with E-state index in [4.69, 9.17) is 14.2 Å². The van der Waals surface area contributed by atoms with Gasteiger partial charge in [-0.3, -0.25) is 4.57 Å². The Morgan fingerprint density at radius 1 is 1.13 bits per heavy atom. The lowest BCUT2D eigenvalue weighted by Crippen LogP contribution is -2.17. The standard InChI is InChI=1S/C23H27N3O3S/c1-17-6-3-4-8-21(17)29-14-15-30-23-25-24-22(18-9-11-19(27-2)12-10-18)26(23)16-20-7-5-13-28-20/h3-4,6,8-12,20H,5,7,13-16H2,1-2H3. The van der Waals surface area contributed by atoms with Gasteiger partial charge < -0.3 is 14.2 Å². The van der Waals surface area contributed by atoms with Gasteiger partial charge in [0.05, 0.1) is 26.4 Å². The van der Waals surface area contributed by atoms with Gasteiger partial charge in [-0.2, -0.15) is 0 Å². The van der Waals surface area contributed by atoms with Crippen molar-refractivity contribution in [3.63, 3.8) is 0 Å². The molecule has 30 heavy (non-hydrogen) atoms. The normalized spacial score (nSPS) is 16.0. The zero-order valence-electron chi connectivity index (χ0n) is 17.4. The summed E-state index contributed by atoms with van der Waals surface area (Å²) in [6, 6.07) is 16.0. The lowest BCUT2D eigenvalue weighted by atomic mass is 10.2. The molecule has 2 aromatic carbocycles. The Morgan fingerprint density at radius 3 is 2.70 bits per heavy atom. The van der Waals surface area contributed by atoms with Crippen molar-refractivity contribution in [1.29, 1.82) is 0 Å². The SMILES string of the molecule is COc1ccc(-c2nnc(SCCOc3ccccc3C)n2CC2CCCO2)cc1. The van der Waals surface area contributed by atoms with Gasteiger partial charge >= 0.3 is 0 Å². The van der Waals surface area contributed by atoms with Gasteiger partial charge in [0, 0.05) is 17.9 Å². The molecule has 1 atom stereocenters. The number of ether oxygens (including phenoxy) is 3. The molecule has 1 aliphatic heterocycles. The van der Waals surface area contributed by atoms with Crippen LogP contribution in [0, 0.1) is 6.92 Å². The molecular weight excluding hydrogens is 398 g/mol. The van der Waals surface area contributed by atoms with Gasteiger partial charge in [0.15, 0.2) is 11.0 Å². The number of aryl methyl sites for hydroxylation is 1. The fraction of sp³-hybridized carbons (Fsp3) is 0.391. The van der Waals surface area contributed by atoms with Crippen LogP contribution in [0.5, 0.6) is 11.5 Å². The molecule has 0 spiro atoms. The van der Waals surface area contributed by atoms with Crippen LogP contribution in [0.15, 0.2) is 53.7 Å². The van der Waals surface area contributed by atoms with Crippen LogP contribution >= 0.6 is 11.8 Å². The number of nitrogens with zero attached hydrogens (tertiary/aromatic N) is 3. The Kier molecular flexibility index (Phi) is 6.92. The molecule has 0 aliphatic carbocycles. The molecule has 4 rings (SSSR count). The number of rotatable bonds is 9. The monoisotopic (exact) mass is 425 g/mol. The second-order valence-corrected chi connectivity index (χ2v) is 8.30. The van der Waals surface area contributed by atoms with Crippen LogP contribution in [-0.2, 0) is 11.3 Å². The lowest BCUT2D eigenvalue weighted by Gasteiger charge is -2.15. The van der Waals surface area contributed by atoms with E-state index < -0.39 is 0 Å². The molecule has 0 N–H and O–H groups in total. The van der Waals surface area contributed by atoms with E-state index in [1.165, 1.54) is 0 Å². The maximum atomic E-state index is 5.93. The first kappa shape index (κ1) is 20.8. The zero-order valence-corrected chi connectivity index (χ0v) is 18.2. The molecule has 1 aliphatic rings. The molecule has 1 unspecified atom stereocenters. The maximum Gasteiger partial charge on any atom is 0.191 e. The number of benzene rings is 2. The van der Waals surface area contributed by atoms with Gasteiger partial charge in [0.1, 0.15) is 11.5 Å². The van der Waals surface area contributed by atoms with E-state index in [0.717, 1.165) is 65.4 Å². The minimum atomic E-state index is 0.209. The molecule has 1 aromatic heterocycles. The van der Waals surface area contributed by atoms with Crippen molar-refractivity contribution in [2.24, 2.45) is 0 Å². The highest BCUT2D eigenvalue weighted by molar-refractivity contribution is 7.99. The minimum Gasteiger partial charge on any atom is -0.497 e. The minimum absolute atomic E-state index is 0.209. The number of para-hydroxylation sites is 1. The van der Waals surface area contributed by atoms with Crippen molar-refractivity contribution in [1.82, 2.24) is 14.8 Å². The summed E-state index contributed by atoms with van der Waals surface area (Å²) in [5, 5.41) is 9.86. The van der Waals surface area contributed by atoms with E-state index in [2.05, 4.69) is 27.8 Å². The van der Waals surface area contributed by atoms with Crippen LogP contribution in [0.1, 0.15) is 18.4 Å². The Hall–Kier alpha value is -2.51. The Balaban J connectivity index is 1.47. The predicted molar refractivity (Wildman–Crippen MR) is 118 cm³/mol. The van der Waals surface area contributed by atoms with Crippen molar-refractivity contribution >= 4 is 11.8 Å². The van der Waals surface area contributed by atoms with Gasteiger partial charge in [0.2, 0.25) is 0 Å². The molecule has 1 fully saturated rings. The summed E-state index contributed by atoms with van der Waals surface area (Å²) in [6.07, 6.45) is 2.39. The van der Waals surface area contributed by atoms with E-state index in [1.807, 2.05) is 42.5 Å². The lowest BCUT2D eigenvalue weighted by molar-refractivity contribution is 0.0953. The fourth-order valence-electron chi connectivity index (χ4n) is 3.51. The highest BCUT2D eigenvalue weighted by Gasteiger charge is 2.21. The van der Waals surface area contributed by atoms with E-state index >= 15 is 0 Å². The van der Waals surface area contributed by atoms with Crippen LogP contribution in [0.25, 0.3) is 11.4 Å². The van der Waals surface area contributed by atoms with Crippen LogP contribution < -0.4 is 9.47 Å². The summed E-state index contributed by atoms with van der Waals surface area (Å²) in [5.74, 6) is 3.40. The third-order valence-electron chi connectivity index (χ3n) is 5.14. The quantitative estimate of drug-likeness (QED) is 0.369. The van der Waals surface area contributed by atoms with Gasteiger partial charge in [-0.15, -0.1) is 10.2 Å². The number of aromatic nitrogens is 3. The topological polar surface area (TPSA) is 58.4 Å². The first-order chi connectivity index (χ1) is 14.7. The summed E-state index contributed by atoms with van der Waals surface area (Å²) < 4.78 is 19.3. The second-order valence-electron chi connectivity index (χ2n) is 7.24. The molecule has 0 saturated carbocycles. The number of hydrogen-bond acceptors (Lipinski definition) is 6. The summed E-state index contributed by atoms with van der Waals surface area (Å²) >= 11 is 1.66. The summed E-state index contributed by atoms with van der Waals surface area (Å²) in [6.45, 7) is 4.26. The number of hydrogen-bond donors (Lipinski definition) is 0. The molecule has 7 heteroatoms. The van der Waals surface area contributed by atoms with E-state index in [0.29, 0.717) is 6.61 Å². The molecule has 6 nitrogen and oxygen atoms in total. The summed E-state index contributed by atoms with van der Waals surface area (Å²) in [5.41, 5.74) is 2.16. The maximum absolute atomic E-state index is 5.93. The van der Waals surface area contributed by atoms with Crippen LogP contribution in [0.2, 0.25) is 0 Å². The molecule has 0 amide bonds. The molecular formula is C23H27N3O3S. The molecule has 2 heterocycles. The van der Waals surface area contributed by atoms with Crippen molar-refractivity contribution in [2.75, 3.05) is 26.1 Å². The molecule has 0 radical (unpaired) electrons. The third kappa shape index (κ3) is 4.96. The highest BCUT2D eigenvalue weighted by Crippen LogP contribution is 2.28. The summed E-state index contributed by atoms with van der Waals surface area (Å²) in [7, 11) is 1.67. The van der Waals surface area contributed by atoms with E-state index in [9.17, 15) is 0 Å². The molecule has 0 bridgehead atoms. The zero-order chi connectivity index (χ0) is 20.8. The molecule has 1 saturated heterocycles. The Labute approximate surface area is 181 Å². The smallest absolute Gasteiger partial charge is 0.191 e. The van der Waals surface area contributed by atoms with Crippen molar-refractivity contribution in [2.45, 2.75) is 37.6 Å². The number of methoxy groups -OCH3 is 1. The van der Waals surface area contributed by atoms with Crippen LogP contribution in [-0.4, -0.2) is 46.9 Å². The second kappa shape index (κ2) is 10.00. The van der Waals surface area contributed by atoms with Crippen molar-refractivity contribution in [3.8, 4) is 22.9 Å². The van der Waals surface area contributed by atoms with Crippen LogP contribution in [0.3, 0.4) is 0 Å². The average Bonchev–Trinajstić information content (AvgIpc) is 3.43. The van der Waals surface area contributed by atoms with Gasteiger partial charge in [-0.1, -0.05) is 30.0 Å². The van der Waals surface area contributed by atoms with Crippen molar-refractivity contribution < 1.29 is 14.2 Å². The third-order valence-corrected chi connectivity index (χ3v) is 6.07. The van der Waals surface area contributed by atoms with Gasteiger partial charge in [-0.25, -0.2) is 0 Å². The fourth-order valence-corrected chi connectivity index (χ4v) is 4.27. The van der Waals surface area contributed by atoms with Crippen molar-refractivity contribution in [3.05, 3.63) is 54.1 Å². The number of thioether (sulfide) groups is 1. The van der Waals surface area contributed by atoms with Gasteiger partial charge in [0.25, 0.3) is 0 Å². The molecule has 158 valence electrons. The first-order valence-electron chi connectivity index (χ1n) is 10.2. The van der Waals surface area contributed by atoms with Gasteiger partial charge in [-0.05, 0) is 55.7 Å². The van der Waals surface area contributed by atoms with E-state index in [-0.39, 0.29) is 6.10 Å². The van der Waals surface area contributed by atoms with E-state index in [1.54, 1.807) is 18.9 Å². The molecule has 3 aromatic rings. The average molecular weight is 426 g/mol. The largest absolute Gasteiger partial charge is 0.497 e. The van der Waals surface area contributed by atoms with Crippen LogP contribution in [0.4, 0.5) is 0 Å². The Morgan fingerprint density at radius 2 is 1.97 bits per heavy atom. The first-order valence-corrected chi connectivity index (χ1v) is 11.2. The predicted octanol–water partition coefficient (Wildman–Crippen LogP) is 4.61. The highest BCUT2D eigenvalue weighted by atomic mass is 32.2. The Bertz CT molecular complexity index is 953.